The van der Waals surface area contributed by atoms with Crippen molar-refractivity contribution in [1.29, 1.82) is 0 Å². The van der Waals surface area contributed by atoms with E-state index < -0.39 is 0 Å². The van der Waals surface area contributed by atoms with Crippen molar-refractivity contribution in [1.82, 2.24) is 10.4 Å². The predicted molar refractivity (Wildman–Crippen MR) is 160 cm³/mol. The van der Waals surface area contributed by atoms with Gasteiger partial charge in [-0.15, -0.1) is 11.3 Å². The molecule has 5 rings (SSSR count). The Balaban J connectivity index is 1.19. The highest BCUT2D eigenvalue weighted by molar-refractivity contribution is 7.14. The minimum atomic E-state index is -0.338. The normalized spacial score (nSPS) is 10.9. The Bertz CT molecular complexity index is 1590. The fourth-order valence-electron chi connectivity index (χ4n) is 3.62. The van der Waals surface area contributed by atoms with Crippen LogP contribution in [0.25, 0.3) is 11.3 Å². The van der Waals surface area contributed by atoms with Crippen molar-refractivity contribution in [3.63, 3.8) is 0 Å². The smallest absolute Gasteiger partial charge is 0.271 e. The number of ether oxygens (including phenoxy) is 1. The number of hydrogen-bond acceptors (Lipinski definition) is 6. The van der Waals surface area contributed by atoms with Gasteiger partial charge in [0.2, 0.25) is 0 Å². The van der Waals surface area contributed by atoms with Crippen LogP contribution in [0.2, 0.25) is 10.0 Å². The fraction of sp³-hybridized carbons (Fsp3) is 0.0333. The molecule has 0 saturated carbocycles. The van der Waals surface area contributed by atoms with Crippen molar-refractivity contribution in [3.05, 3.63) is 129 Å². The topological polar surface area (TPSA) is 75.6 Å². The Morgan fingerprint density at radius 2 is 1.67 bits per heavy atom. The zero-order chi connectivity index (χ0) is 27.0. The van der Waals surface area contributed by atoms with E-state index in [1.807, 2.05) is 72.1 Å². The maximum Gasteiger partial charge on any atom is 0.271 e. The molecule has 0 aliphatic rings. The van der Waals surface area contributed by atoms with Gasteiger partial charge in [-0.05, 0) is 60.2 Å². The standard InChI is InChI=1S/C30H22Cl2N4O2S/c31-24-10-13-26(14-11-24)34-30-35-27(19-39-30)21-6-8-22(9-7-21)29(37)36-33-17-23-16-25(32)12-15-28(23)38-18-20-4-2-1-3-5-20/h1-17,19H,18H2,(H,34,35)(H,36,37)/b33-17-. The van der Waals surface area contributed by atoms with E-state index in [0.29, 0.717) is 33.5 Å². The van der Waals surface area contributed by atoms with E-state index in [1.165, 1.54) is 17.6 Å². The first-order chi connectivity index (χ1) is 19.0. The second-order valence-corrected chi connectivity index (χ2v) is 10.1. The number of aromatic nitrogens is 1. The molecule has 0 radical (unpaired) electrons. The monoisotopic (exact) mass is 572 g/mol. The van der Waals surface area contributed by atoms with Gasteiger partial charge in [-0.1, -0.05) is 65.7 Å². The minimum Gasteiger partial charge on any atom is -0.488 e. The van der Waals surface area contributed by atoms with Crippen LogP contribution in [-0.4, -0.2) is 17.1 Å². The number of carbonyl (C=O) groups excluding carboxylic acids is 1. The molecule has 0 aliphatic heterocycles. The summed E-state index contributed by atoms with van der Waals surface area (Å²) in [4.78, 5) is 17.3. The Labute approximate surface area is 239 Å². The Morgan fingerprint density at radius 1 is 0.923 bits per heavy atom. The van der Waals surface area contributed by atoms with Crippen LogP contribution < -0.4 is 15.5 Å². The molecular formula is C30H22Cl2N4O2S. The number of halogens is 2. The van der Waals surface area contributed by atoms with Gasteiger partial charge in [-0.2, -0.15) is 5.10 Å². The highest BCUT2D eigenvalue weighted by Gasteiger charge is 2.09. The molecule has 4 aromatic carbocycles. The Kier molecular flexibility index (Phi) is 8.53. The first-order valence-electron chi connectivity index (χ1n) is 11.9. The van der Waals surface area contributed by atoms with Crippen LogP contribution in [-0.2, 0) is 6.61 Å². The van der Waals surface area contributed by atoms with E-state index in [1.54, 1.807) is 30.3 Å². The molecule has 0 atom stereocenters. The molecule has 0 saturated heterocycles. The lowest BCUT2D eigenvalue weighted by molar-refractivity contribution is 0.0955. The summed E-state index contributed by atoms with van der Waals surface area (Å²) in [5.74, 6) is 0.272. The molecule has 1 aromatic heterocycles. The summed E-state index contributed by atoms with van der Waals surface area (Å²) >= 11 is 13.6. The molecule has 1 heterocycles. The third kappa shape index (κ3) is 7.23. The summed E-state index contributed by atoms with van der Waals surface area (Å²) in [6, 6.07) is 29.7. The van der Waals surface area contributed by atoms with Gasteiger partial charge < -0.3 is 10.1 Å². The summed E-state index contributed by atoms with van der Waals surface area (Å²) in [5.41, 5.74) is 7.34. The molecule has 5 aromatic rings. The molecule has 0 fully saturated rings. The van der Waals surface area contributed by atoms with Crippen LogP contribution in [0.3, 0.4) is 0 Å². The average Bonchev–Trinajstić information content (AvgIpc) is 3.43. The molecular weight excluding hydrogens is 551 g/mol. The second kappa shape index (κ2) is 12.6. The highest BCUT2D eigenvalue weighted by Crippen LogP contribution is 2.28. The number of nitrogens with one attached hydrogen (secondary N) is 2. The molecule has 39 heavy (non-hydrogen) atoms. The zero-order valence-corrected chi connectivity index (χ0v) is 22.8. The predicted octanol–water partition coefficient (Wildman–Crippen LogP) is 8.20. The molecule has 0 bridgehead atoms. The number of rotatable bonds is 9. The lowest BCUT2D eigenvalue weighted by Gasteiger charge is -2.09. The number of anilines is 2. The maximum atomic E-state index is 12.7. The van der Waals surface area contributed by atoms with Gasteiger partial charge in [0.25, 0.3) is 5.91 Å². The van der Waals surface area contributed by atoms with Gasteiger partial charge in [0, 0.05) is 37.8 Å². The largest absolute Gasteiger partial charge is 0.488 e. The molecule has 6 nitrogen and oxygen atoms in total. The molecule has 9 heteroatoms. The third-order valence-corrected chi connectivity index (χ3v) is 6.87. The number of amides is 1. The molecule has 2 N–H and O–H groups in total. The summed E-state index contributed by atoms with van der Waals surface area (Å²) < 4.78 is 5.94. The lowest BCUT2D eigenvalue weighted by Crippen LogP contribution is -2.17. The number of hydrogen-bond donors (Lipinski definition) is 2. The van der Waals surface area contributed by atoms with E-state index >= 15 is 0 Å². The van der Waals surface area contributed by atoms with Crippen LogP contribution in [0.4, 0.5) is 10.8 Å². The van der Waals surface area contributed by atoms with E-state index in [0.717, 1.165) is 27.6 Å². The first-order valence-corrected chi connectivity index (χ1v) is 13.6. The van der Waals surface area contributed by atoms with Crippen LogP contribution in [0, 0.1) is 0 Å². The van der Waals surface area contributed by atoms with Crippen molar-refractivity contribution in [2.45, 2.75) is 6.61 Å². The van der Waals surface area contributed by atoms with Crippen LogP contribution in [0.15, 0.2) is 108 Å². The van der Waals surface area contributed by atoms with Crippen LogP contribution in [0.1, 0.15) is 21.5 Å². The van der Waals surface area contributed by atoms with Gasteiger partial charge in [-0.25, -0.2) is 10.4 Å². The number of nitrogens with zero attached hydrogens (tertiary/aromatic N) is 2. The highest BCUT2D eigenvalue weighted by atomic mass is 35.5. The SMILES string of the molecule is O=C(N/N=C\c1cc(Cl)ccc1OCc1ccccc1)c1ccc(-c2csc(Nc3ccc(Cl)cc3)n2)cc1. The number of hydrazone groups is 1. The van der Waals surface area contributed by atoms with Crippen molar-refractivity contribution < 1.29 is 9.53 Å². The van der Waals surface area contributed by atoms with E-state index in [-0.39, 0.29) is 5.91 Å². The van der Waals surface area contributed by atoms with Crippen molar-refractivity contribution in [2.75, 3.05) is 5.32 Å². The second-order valence-electron chi connectivity index (χ2n) is 8.40. The van der Waals surface area contributed by atoms with Crippen LogP contribution in [0.5, 0.6) is 5.75 Å². The van der Waals surface area contributed by atoms with Gasteiger partial charge in [0.15, 0.2) is 5.13 Å². The van der Waals surface area contributed by atoms with E-state index in [9.17, 15) is 4.79 Å². The Hall–Kier alpha value is -4.17. The average molecular weight is 574 g/mol. The maximum absolute atomic E-state index is 12.7. The molecule has 0 unspecified atom stereocenters. The molecule has 0 spiro atoms. The molecule has 1 amide bonds. The zero-order valence-electron chi connectivity index (χ0n) is 20.5. The van der Waals surface area contributed by atoms with Crippen molar-refractivity contribution in [2.24, 2.45) is 5.10 Å². The van der Waals surface area contributed by atoms with Crippen molar-refractivity contribution >= 4 is 57.5 Å². The van der Waals surface area contributed by atoms with E-state index in [4.69, 9.17) is 27.9 Å². The minimum absolute atomic E-state index is 0.338. The number of benzene rings is 4. The molecule has 194 valence electrons. The quantitative estimate of drug-likeness (QED) is 0.138. The third-order valence-electron chi connectivity index (χ3n) is 5.62. The lowest BCUT2D eigenvalue weighted by atomic mass is 10.1. The summed E-state index contributed by atoms with van der Waals surface area (Å²) in [6.45, 7) is 0.402. The van der Waals surface area contributed by atoms with E-state index in [2.05, 4.69) is 20.8 Å². The fourth-order valence-corrected chi connectivity index (χ4v) is 4.67. The summed E-state index contributed by atoms with van der Waals surface area (Å²) in [7, 11) is 0. The first kappa shape index (κ1) is 26.4. The van der Waals surface area contributed by atoms with Crippen molar-refractivity contribution in [3.8, 4) is 17.0 Å². The Morgan fingerprint density at radius 3 is 2.44 bits per heavy atom. The van der Waals surface area contributed by atoms with Gasteiger partial charge in [0.05, 0.1) is 11.9 Å². The van der Waals surface area contributed by atoms with Crippen LogP contribution >= 0.6 is 34.5 Å². The summed E-state index contributed by atoms with van der Waals surface area (Å²) in [5, 5.41) is 11.3. The summed E-state index contributed by atoms with van der Waals surface area (Å²) in [6.07, 6.45) is 1.52. The van der Waals surface area contributed by atoms with Gasteiger partial charge in [-0.3, -0.25) is 4.79 Å². The molecule has 0 aliphatic carbocycles. The van der Waals surface area contributed by atoms with Gasteiger partial charge in [0.1, 0.15) is 12.4 Å². The van der Waals surface area contributed by atoms with Gasteiger partial charge >= 0.3 is 0 Å². The number of thiazole rings is 1. The number of carbonyl (C=O) groups is 1.